The molecule has 0 aliphatic heterocycles. The van der Waals surface area contributed by atoms with Crippen molar-refractivity contribution < 1.29 is 14.3 Å². The molecule has 2 aromatic carbocycles. The van der Waals surface area contributed by atoms with Gasteiger partial charge in [-0.3, -0.25) is 0 Å². The molecular formula is C17H12Cl2N2O3. The number of halogens is 2. The quantitative estimate of drug-likeness (QED) is 0.393. The summed E-state index contributed by atoms with van der Waals surface area (Å²) in [6, 6.07) is 12.5. The van der Waals surface area contributed by atoms with Gasteiger partial charge in [-0.15, -0.1) is 0 Å². The number of nitrogens with zero attached hydrogens (tertiary/aromatic N) is 2. The first-order chi connectivity index (χ1) is 11.6. The van der Waals surface area contributed by atoms with Gasteiger partial charge in [-0.1, -0.05) is 41.9 Å². The molecule has 7 heteroatoms. The van der Waals surface area contributed by atoms with Crippen molar-refractivity contribution in [2.45, 2.75) is 6.61 Å². The molecule has 0 radical (unpaired) electrons. The van der Waals surface area contributed by atoms with Crippen LogP contribution in [-0.2, 0) is 11.3 Å². The zero-order valence-corrected chi connectivity index (χ0v) is 14.1. The van der Waals surface area contributed by atoms with Crippen LogP contribution in [0.25, 0.3) is 10.9 Å². The third kappa shape index (κ3) is 3.42. The number of esters is 1. The molecule has 0 bridgehead atoms. The average Bonchev–Trinajstić information content (AvgIpc) is 2.59. The number of ether oxygens (including phenoxy) is 2. The lowest BCUT2D eigenvalue weighted by Gasteiger charge is -2.10. The van der Waals surface area contributed by atoms with Gasteiger partial charge >= 0.3 is 5.97 Å². The molecule has 5 nitrogen and oxygen atoms in total. The maximum atomic E-state index is 12.3. The summed E-state index contributed by atoms with van der Waals surface area (Å²) in [4.78, 5) is 20.3. The summed E-state index contributed by atoms with van der Waals surface area (Å²) in [5, 5.41) is 0.610. The van der Waals surface area contributed by atoms with E-state index in [1.165, 1.54) is 13.2 Å². The highest BCUT2D eigenvalue weighted by Gasteiger charge is 2.16. The van der Waals surface area contributed by atoms with Crippen LogP contribution in [0.3, 0.4) is 0 Å². The van der Waals surface area contributed by atoms with E-state index in [2.05, 4.69) is 9.97 Å². The molecule has 24 heavy (non-hydrogen) atoms. The van der Waals surface area contributed by atoms with Crippen molar-refractivity contribution in [1.29, 1.82) is 0 Å². The van der Waals surface area contributed by atoms with E-state index in [0.29, 0.717) is 22.2 Å². The molecule has 0 aliphatic carbocycles. The summed E-state index contributed by atoms with van der Waals surface area (Å²) < 4.78 is 10.6. The standard InChI is InChI=1S/C17H12Cl2N2O3/c1-23-13-8-11(7-12-14(13)20-17(19)21-15(12)18)16(22)24-9-10-5-3-2-4-6-10/h2-8H,9H2,1H3. The molecular weight excluding hydrogens is 351 g/mol. The Morgan fingerprint density at radius 2 is 1.88 bits per heavy atom. The third-order valence-corrected chi connectivity index (χ3v) is 3.82. The number of hydrogen-bond acceptors (Lipinski definition) is 5. The summed E-state index contributed by atoms with van der Waals surface area (Å²) in [6.07, 6.45) is 0. The Labute approximate surface area is 148 Å². The average molecular weight is 363 g/mol. The minimum atomic E-state index is -0.495. The Morgan fingerprint density at radius 3 is 2.58 bits per heavy atom. The number of benzene rings is 2. The first-order valence-electron chi connectivity index (χ1n) is 7.00. The van der Waals surface area contributed by atoms with Crippen molar-refractivity contribution in [3.05, 3.63) is 64.0 Å². The van der Waals surface area contributed by atoms with Crippen molar-refractivity contribution in [3.63, 3.8) is 0 Å². The Balaban J connectivity index is 1.93. The van der Waals surface area contributed by atoms with E-state index in [4.69, 9.17) is 32.7 Å². The van der Waals surface area contributed by atoms with Crippen LogP contribution in [0.1, 0.15) is 15.9 Å². The Hall–Kier alpha value is -2.37. The van der Waals surface area contributed by atoms with Crippen LogP contribution in [0.5, 0.6) is 5.75 Å². The SMILES string of the molecule is COc1cc(C(=O)OCc2ccccc2)cc2c(Cl)nc(Cl)nc12. The second-order valence-electron chi connectivity index (χ2n) is 4.92. The van der Waals surface area contributed by atoms with Gasteiger partial charge in [0.25, 0.3) is 0 Å². The first kappa shape index (κ1) is 16.5. The van der Waals surface area contributed by atoms with E-state index in [1.54, 1.807) is 6.07 Å². The number of methoxy groups -OCH3 is 1. The number of aromatic nitrogens is 2. The molecule has 1 heterocycles. The molecule has 0 fully saturated rings. The Bertz CT molecular complexity index is 901. The van der Waals surface area contributed by atoms with E-state index >= 15 is 0 Å². The van der Waals surface area contributed by atoms with Crippen LogP contribution in [0.4, 0.5) is 0 Å². The van der Waals surface area contributed by atoms with Gasteiger partial charge in [-0.25, -0.2) is 14.8 Å². The summed E-state index contributed by atoms with van der Waals surface area (Å²) in [5.41, 5.74) is 1.62. The molecule has 0 unspecified atom stereocenters. The smallest absolute Gasteiger partial charge is 0.338 e. The van der Waals surface area contributed by atoms with Crippen LogP contribution in [0, 0.1) is 0 Å². The van der Waals surface area contributed by atoms with Crippen molar-refractivity contribution in [1.82, 2.24) is 9.97 Å². The third-order valence-electron chi connectivity index (χ3n) is 3.36. The second kappa shape index (κ2) is 7.03. The second-order valence-corrected chi connectivity index (χ2v) is 5.62. The van der Waals surface area contributed by atoms with Gasteiger partial charge in [0.15, 0.2) is 0 Å². The predicted molar refractivity (Wildman–Crippen MR) is 91.7 cm³/mol. The van der Waals surface area contributed by atoms with E-state index in [9.17, 15) is 4.79 Å². The van der Waals surface area contributed by atoms with Gasteiger partial charge in [0.05, 0.1) is 12.7 Å². The normalized spacial score (nSPS) is 10.6. The van der Waals surface area contributed by atoms with Gasteiger partial charge < -0.3 is 9.47 Å². The highest BCUT2D eigenvalue weighted by Crippen LogP contribution is 2.31. The fraction of sp³-hybridized carbons (Fsp3) is 0.118. The summed E-state index contributed by atoms with van der Waals surface area (Å²) in [6.45, 7) is 0.172. The van der Waals surface area contributed by atoms with E-state index in [1.807, 2.05) is 30.3 Å². The zero-order chi connectivity index (χ0) is 17.1. The molecule has 0 saturated carbocycles. The van der Waals surface area contributed by atoms with Gasteiger partial charge in [-0.05, 0) is 29.3 Å². The van der Waals surface area contributed by atoms with Crippen molar-refractivity contribution in [3.8, 4) is 5.75 Å². The molecule has 1 aromatic heterocycles. The maximum absolute atomic E-state index is 12.3. The maximum Gasteiger partial charge on any atom is 0.338 e. The van der Waals surface area contributed by atoms with Crippen LogP contribution >= 0.6 is 23.2 Å². The lowest BCUT2D eigenvalue weighted by Crippen LogP contribution is -2.06. The number of hydrogen-bond donors (Lipinski definition) is 0. The molecule has 0 saturated heterocycles. The number of fused-ring (bicyclic) bond motifs is 1. The predicted octanol–water partition coefficient (Wildman–Crippen LogP) is 4.30. The first-order valence-corrected chi connectivity index (χ1v) is 7.76. The lowest BCUT2D eigenvalue weighted by atomic mass is 10.1. The van der Waals surface area contributed by atoms with Crippen LogP contribution in [0.15, 0.2) is 42.5 Å². The molecule has 0 aliphatic rings. The van der Waals surface area contributed by atoms with E-state index < -0.39 is 5.97 Å². The fourth-order valence-corrected chi connectivity index (χ4v) is 2.66. The molecule has 0 N–H and O–H groups in total. The molecule has 122 valence electrons. The van der Waals surface area contributed by atoms with Crippen LogP contribution in [0.2, 0.25) is 10.4 Å². The highest BCUT2D eigenvalue weighted by molar-refractivity contribution is 6.36. The largest absolute Gasteiger partial charge is 0.494 e. The fourth-order valence-electron chi connectivity index (χ4n) is 2.22. The van der Waals surface area contributed by atoms with E-state index in [0.717, 1.165) is 5.56 Å². The van der Waals surface area contributed by atoms with Crippen molar-refractivity contribution in [2.24, 2.45) is 0 Å². The van der Waals surface area contributed by atoms with E-state index in [-0.39, 0.29) is 17.0 Å². The lowest BCUT2D eigenvalue weighted by molar-refractivity contribution is 0.0472. The number of carbonyl (C=O) groups is 1. The summed E-state index contributed by atoms with van der Waals surface area (Å²) >= 11 is 11.9. The topological polar surface area (TPSA) is 61.3 Å². The molecule has 0 amide bonds. The van der Waals surface area contributed by atoms with Gasteiger partial charge in [0.2, 0.25) is 5.28 Å². The van der Waals surface area contributed by atoms with Crippen LogP contribution in [-0.4, -0.2) is 23.0 Å². The monoisotopic (exact) mass is 362 g/mol. The van der Waals surface area contributed by atoms with Gasteiger partial charge in [-0.2, -0.15) is 0 Å². The highest BCUT2D eigenvalue weighted by atomic mass is 35.5. The number of carbonyl (C=O) groups excluding carboxylic acids is 1. The minimum Gasteiger partial charge on any atom is -0.494 e. The Morgan fingerprint density at radius 1 is 1.12 bits per heavy atom. The minimum absolute atomic E-state index is 0.00482. The van der Waals surface area contributed by atoms with Gasteiger partial charge in [0.1, 0.15) is 23.0 Å². The van der Waals surface area contributed by atoms with Crippen LogP contribution < -0.4 is 4.74 Å². The molecule has 3 aromatic rings. The molecule has 3 rings (SSSR count). The summed E-state index contributed by atoms with van der Waals surface area (Å²) in [7, 11) is 1.47. The Kier molecular flexibility index (Phi) is 4.83. The summed E-state index contributed by atoms with van der Waals surface area (Å²) in [5.74, 6) is -0.129. The zero-order valence-electron chi connectivity index (χ0n) is 12.6. The molecule has 0 spiro atoms. The molecule has 0 atom stereocenters. The van der Waals surface area contributed by atoms with Crippen molar-refractivity contribution in [2.75, 3.05) is 7.11 Å². The van der Waals surface area contributed by atoms with Gasteiger partial charge in [0, 0.05) is 5.39 Å². The van der Waals surface area contributed by atoms with Crippen molar-refractivity contribution >= 4 is 40.1 Å². The number of rotatable bonds is 4.